The van der Waals surface area contributed by atoms with Crippen LogP contribution in [-0.2, 0) is 4.79 Å². The number of esters is 1. The van der Waals surface area contributed by atoms with E-state index in [1.165, 1.54) is 0 Å². The molecule has 7 heteroatoms. The summed E-state index contributed by atoms with van der Waals surface area (Å²) >= 11 is 0. The molecule has 2 heterocycles. The molecule has 2 aromatic carbocycles. The van der Waals surface area contributed by atoms with Gasteiger partial charge in [-0.05, 0) is 24.3 Å². The topological polar surface area (TPSA) is 98.7 Å². The number of fused-ring (bicyclic) bond motifs is 2. The van der Waals surface area contributed by atoms with Gasteiger partial charge in [0.05, 0.1) is 34.2 Å². The highest BCUT2D eigenvalue weighted by atomic mass is 16.5. The summed E-state index contributed by atoms with van der Waals surface area (Å²) in [4.78, 5) is 11.9. The molecule has 0 aliphatic heterocycles. The summed E-state index contributed by atoms with van der Waals surface area (Å²) in [5.74, 6) is 1.39. The van der Waals surface area contributed by atoms with Crippen LogP contribution in [0.5, 0.6) is 11.5 Å². The molecule has 0 amide bonds. The number of H-pyrrole nitrogens is 4. The van der Waals surface area contributed by atoms with Crippen molar-refractivity contribution in [3.63, 3.8) is 0 Å². The molecule has 0 radical (unpaired) electrons. The molecule has 24 heavy (non-hydrogen) atoms. The van der Waals surface area contributed by atoms with Crippen molar-refractivity contribution in [1.29, 1.82) is 0 Å². The van der Waals surface area contributed by atoms with Crippen LogP contribution in [-0.4, -0.2) is 26.4 Å². The van der Waals surface area contributed by atoms with Gasteiger partial charge in [0.15, 0.2) is 0 Å². The highest BCUT2D eigenvalue weighted by Gasteiger charge is 2.09. The molecule has 0 atom stereocenters. The molecule has 122 valence electrons. The van der Waals surface area contributed by atoms with Crippen molar-refractivity contribution in [2.45, 2.75) is 12.8 Å². The molecule has 4 aromatic rings. The van der Waals surface area contributed by atoms with Gasteiger partial charge in [-0.15, -0.1) is 0 Å². The summed E-state index contributed by atoms with van der Waals surface area (Å²) in [6.07, 6.45) is 0.596. The number of hydrogen-bond acceptors (Lipinski definition) is 3. The second-order valence-corrected chi connectivity index (χ2v) is 5.53. The Balaban J connectivity index is 1.28. The van der Waals surface area contributed by atoms with E-state index in [9.17, 15) is 4.79 Å². The first kappa shape index (κ1) is 14.3. The Labute approximate surface area is 136 Å². The van der Waals surface area contributed by atoms with Gasteiger partial charge in [0.1, 0.15) is 11.5 Å². The fraction of sp³-hybridized carbons (Fsp3) is 0.118. The van der Waals surface area contributed by atoms with Crippen LogP contribution >= 0.6 is 0 Å². The lowest BCUT2D eigenvalue weighted by Crippen LogP contribution is -2.09. The standard InChI is InChI=1S/C17H16N4O3/c1-10(23-11-3-5-13-15(8-11)20-18-13)2-7-17(22)24-12-4-6-14-16(9-12)21-19-14/h3-6,8-9,18-21H,1-2,7H2. The smallest absolute Gasteiger partial charge is 0.311 e. The number of rotatable bonds is 6. The number of aromatic nitrogens is 4. The van der Waals surface area contributed by atoms with E-state index in [0.717, 1.165) is 22.1 Å². The third-order valence-electron chi connectivity index (χ3n) is 3.75. The van der Waals surface area contributed by atoms with Crippen LogP contribution in [0.3, 0.4) is 0 Å². The molecule has 0 aliphatic carbocycles. The Morgan fingerprint density at radius 2 is 1.33 bits per heavy atom. The van der Waals surface area contributed by atoms with Gasteiger partial charge in [-0.2, -0.15) is 0 Å². The van der Waals surface area contributed by atoms with Crippen molar-refractivity contribution in [2.75, 3.05) is 0 Å². The molecule has 0 bridgehead atoms. The maximum atomic E-state index is 11.9. The van der Waals surface area contributed by atoms with E-state index in [1.807, 2.05) is 24.3 Å². The van der Waals surface area contributed by atoms with Gasteiger partial charge < -0.3 is 9.47 Å². The minimum Gasteiger partial charge on any atom is -0.462 e. The number of carbonyl (C=O) groups is 1. The van der Waals surface area contributed by atoms with Crippen molar-refractivity contribution in [2.24, 2.45) is 0 Å². The van der Waals surface area contributed by atoms with Gasteiger partial charge in [0, 0.05) is 18.6 Å². The van der Waals surface area contributed by atoms with Crippen LogP contribution in [0, 0.1) is 0 Å². The van der Waals surface area contributed by atoms with Crippen LogP contribution in [0.4, 0.5) is 0 Å². The number of ether oxygens (including phenoxy) is 2. The molecule has 0 aliphatic rings. The Hall–Kier alpha value is -3.35. The summed E-state index contributed by atoms with van der Waals surface area (Å²) in [5, 5.41) is 11.7. The summed E-state index contributed by atoms with van der Waals surface area (Å²) in [6.45, 7) is 3.85. The van der Waals surface area contributed by atoms with Crippen LogP contribution in [0.1, 0.15) is 12.8 Å². The summed E-state index contributed by atoms with van der Waals surface area (Å²) in [5.41, 5.74) is 3.90. The van der Waals surface area contributed by atoms with Crippen LogP contribution < -0.4 is 9.47 Å². The zero-order valence-corrected chi connectivity index (χ0v) is 12.8. The molecule has 0 saturated heterocycles. The third kappa shape index (κ3) is 2.79. The number of aromatic amines is 4. The second kappa shape index (κ2) is 5.69. The van der Waals surface area contributed by atoms with E-state index in [1.54, 1.807) is 12.1 Å². The lowest BCUT2D eigenvalue weighted by atomic mass is 10.2. The summed E-state index contributed by atoms with van der Waals surface area (Å²) in [6, 6.07) is 11.0. The zero-order chi connectivity index (χ0) is 16.5. The van der Waals surface area contributed by atoms with Crippen molar-refractivity contribution in [3.8, 4) is 11.5 Å². The van der Waals surface area contributed by atoms with Gasteiger partial charge in [-0.25, -0.2) is 0 Å². The molecule has 0 spiro atoms. The Bertz CT molecular complexity index is 934. The molecular formula is C17H16N4O3. The first-order valence-corrected chi connectivity index (χ1v) is 7.56. The maximum absolute atomic E-state index is 11.9. The molecule has 7 nitrogen and oxygen atoms in total. The average Bonchev–Trinajstić information content (AvgIpc) is 2.51. The van der Waals surface area contributed by atoms with Crippen molar-refractivity contribution < 1.29 is 14.3 Å². The minimum atomic E-state index is -0.324. The van der Waals surface area contributed by atoms with E-state index in [4.69, 9.17) is 9.47 Å². The highest BCUT2D eigenvalue weighted by Crippen LogP contribution is 2.22. The fourth-order valence-electron chi connectivity index (χ4n) is 2.38. The van der Waals surface area contributed by atoms with E-state index >= 15 is 0 Å². The number of nitrogens with one attached hydrogen (secondary N) is 4. The average molecular weight is 324 g/mol. The minimum absolute atomic E-state index is 0.201. The normalized spacial score (nSPS) is 11.2. The predicted octanol–water partition coefficient (Wildman–Crippen LogP) is 3.58. The molecule has 0 unspecified atom stereocenters. The van der Waals surface area contributed by atoms with Gasteiger partial charge in [0.2, 0.25) is 0 Å². The van der Waals surface area contributed by atoms with Crippen molar-refractivity contribution in [3.05, 3.63) is 48.7 Å². The summed E-state index contributed by atoms with van der Waals surface area (Å²) in [7, 11) is 0. The fourth-order valence-corrected chi connectivity index (χ4v) is 2.38. The van der Waals surface area contributed by atoms with Gasteiger partial charge in [-0.3, -0.25) is 25.2 Å². The number of allylic oxidation sites excluding steroid dienone is 1. The van der Waals surface area contributed by atoms with E-state index in [0.29, 0.717) is 23.7 Å². The Morgan fingerprint density at radius 1 is 0.792 bits per heavy atom. The molecule has 2 aromatic heterocycles. The molecule has 0 fully saturated rings. The molecule has 4 N–H and O–H groups in total. The molecular weight excluding hydrogens is 308 g/mol. The van der Waals surface area contributed by atoms with Crippen LogP contribution in [0.25, 0.3) is 22.1 Å². The summed E-state index contributed by atoms with van der Waals surface area (Å²) < 4.78 is 10.9. The number of carbonyl (C=O) groups excluding carboxylic acids is 1. The highest BCUT2D eigenvalue weighted by molar-refractivity contribution is 5.80. The first-order valence-electron chi connectivity index (χ1n) is 7.56. The quantitative estimate of drug-likeness (QED) is 0.248. The van der Waals surface area contributed by atoms with Gasteiger partial charge in [-0.1, -0.05) is 6.58 Å². The lowest BCUT2D eigenvalue weighted by Gasteiger charge is -2.11. The second-order valence-electron chi connectivity index (χ2n) is 5.53. The molecule has 4 rings (SSSR count). The number of hydrogen-bond donors (Lipinski definition) is 4. The van der Waals surface area contributed by atoms with Crippen LogP contribution in [0.15, 0.2) is 48.7 Å². The predicted molar refractivity (Wildman–Crippen MR) is 89.9 cm³/mol. The van der Waals surface area contributed by atoms with Gasteiger partial charge >= 0.3 is 5.97 Å². The first-order chi connectivity index (χ1) is 11.7. The van der Waals surface area contributed by atoms with E-state index in [2.05, 4.69) is 27.0 Å². The SMILES string of the molecule is C=C(CCC(=O)Oc1ccc2[nH][nH]c2c1)Oc1ccc2[nH][nH]c2c1. The maximum Gasteiger partial charge on any atom is 0.311 e. The zero-order valence-electron chi connectivity index (χ0n) is 12.8. The van der Waals surface area contributed by atoms with Crippen LogP contribution in [0.2, 0.25) is 0 Å². The van der Waals surface area contributed by atoms with E-state index < -0.39 is 0 Å². The van der Waals surface area contributed by atoms with E-state index in [-0.39, 0.29) is 12.4 Å². The number of benzene rings is 2. The van der Waals surface area contributed by atoms with Crippen molar-refractivity contribution >= 4 is 28.0 Å². The van der Waals surface area contributed by atoms with Gasteiger partial charge in [0.25, 0.3) is 0 Å². The third-order valence-corrected chi connectivity index (χ3v) is 3.75. The van der Waals surface area contributed by atoms with Crippen molar-refractivity contribution in [1.82, 2.24) is 20.4 Å². The monoisotopic (exact) mass is 324 g/mol. The largest absolute Gasteiger partial charge is 0.462 e. The Morgan fingerprint density at radius 3 is 1.83 bits per heavy atom. The Kier molecular flexibility index (Phi) is 3.38. The lowest BCUT2D eigenvalue weighted by molar-refractivity contribution is -0.134. The molecule has 0 saturated carbocycles.